The third-order valence-electron chi connectivity index (χ3n) is 5.66. The van der Waals surface area contributed by atoms with Crippen molar-refractivity contribution in [2.75, 3.05) is 52.4 Å². The molecule has 31 heavy (non-hydrogen) atoms. The van der Waals surface area contributed by atoms with Gasteiger partial charge in [-0.2, -0.15) is 0 Å². The molecule has 1 aliphatic heterocycles. The summed E-state index contributed by atoms with van der Waals surface area (Å²) in [6, 6.07) is 7.86. The topological polar surface area (TPSA) is 47.1 Å². The Morgan fingerprint density at radius 2 is 1.55 bits per heavy atom. The van der Waals surface area contributed by atoms with E-state index in [-0.39, 0.29) is 10.9 Å². The second-order valence-electron chi connectivity index (χ2n) is 7.34. The van der Waals surface area contributed by atoms with Crippen LogP contribution in [0.25, 0.3) is 10.9 Å². The number of aromatic nitrogens is 1. The van der Waals surface area contributed by atoms with Gasteiger partial charge < -0.3 is 19.1 Å². The molecule has 1 aromatic heterocycles. The van der Waals surface area contributed by atoms with Gasteiger partial charge in [0.1, 0.15) is 17.2 Å². The van der Waals surface area contributed by atoms with Gasteiger partial charge in [-0.1, -0.05) is 6.07 Å². The Morgan fingerprint density at radius 3 is 2.23 bits per heavy atom. The summed E-state index contributed by atoms with van der Waals surface area (Å²) >= 11 is 0. The zero-order valence-corrected chi connectivity index (χ0v) is 17.8. The molecule has 6 nitrogen and oxygen atoms in total. The van der Waals surface area contributed by atoms with Crippen LogP contribution in [-0.4, -0.2) is 57.4 Å². The summed E-state index contributed by atoms with van der Waals surface area (Å²) in [5, 5.41) is 0.234. The van der Waals surface area contributed by atoms with E-state index in [4.69, 9.17) is 14.2 Å². The third-order valence-corrected chi connectivity index (χ3v) is 5.66. The van der Waals surface area contributed by atoms with E-state index in [2.05, 4.69) is 14.8 Å². The lowest BCUT2D eigenvalue weighted by Gasteiger charge is -2.36. The molecular formula is C23H25F2N3O3. The van der Waals surface area contributed by atoms with Gasteiger partial charge in [-0.05, 0) is 24.3 Å². The van der Waals surface area contributed by atoms with Crippen molar-refractivity contribution in [3.8, 4) is 17.2 Å². The molecule has 0 aliphatic carbocycles. The van der Waals surface area contributed by atoms with Crippen molar-refractivity contribution < 1.29 is 23.0 Å². The molecule has 164 valence electrons. The van der Waals surface area contributed by atoms with Gasteiger partial charge in [0.15, 0.2) is 11.5 Å². The predicted molar refractivity (Wildman–Crippen MR) is 115 cm³/mol. The van der Waals surface area contributed by atoms with Gasteiger partial charge in [-0.3, -0.25) is 9.88 Å². The molecule has 0 atom stereocenters. The van der Waals surface area contributed by atoms with Gasteiger partial charge in [-0.15, -0.1) is 0 Å². The number of piperazine rings is 1. The van der Waals surface area contributed by atoms with E-state index in [1.54, 1.807) is 27.4 Å². The highest BCUT2D eigenvalue weighted by Gasteiger charge is 2.23. The zero-order valence-electron chi connectivity index (χ0n) is 17.8. The fourth-order valence-corrected chi connectivity index (χ4v) is 4.12. The van der Waals surface area contributed by atoms with Crippen LogP contribution in [0.5, 0.6) is 17.2 Å². The highest BCUT2D eigenvalue weighted by Crippen LogP contribution is 2.40. The van der Waals surface area contributed by atoms with Crippen LogP contribution in [0.3, 0.4) is 0 Å². The lowest BCUT2D eigenvalue weighted by molar-refractivity contribution is 0.244. The number of anilines is 1. The maximum Gasteiger partial charge on any atom is 0.203 e. The maximum atomic E-state index is 14.5. The molecule has 0 amide bonds. The van der Waals surface area contributed by atoms with Crippen molar-refractivity contribution in [3.05, 3.63) is 53.7 Å². The molecule has 8 heteroatoms. The van der Waals surface area contributed by atoms with Crippen LogP contribution in [-0.2, 0) is 6.54 Å². The van der Waals surface area contributed by atoms with Crippen LogP contribution < -0.4 is 19.1 Å². The molecule has 0 bridgehead atoms. The molecule has 0 N–H and O–H groups in total. The number of rotatable bonds is 6. The number of hydrogen-bond acceptors (Lipinski definition) is 6. The minimum atomic E-state index is -0.516. The number of hydrogen-bond donors (Lipinski definition) is 0. The first kappa shape index (κ1) is 21.1. The molecule has 1 aliphatic rings. The van der Waals surface area contributed by atoms with Gasteiger partial charge >= 0.3 is 0 Å². The summed E-state index contributed by atoms with van der Waals surface area (Å²) in [5.74, 6) is 0.866. The summed E-state index contributed by atoms with van der Waals surface area (Å²) in [6.07, 6.45) is 1.53. The SMILES string of the molecule is COc1ccc(CN2CCN(c3ccnc4c(F)ccc(F)c34)CC2)c(OC)c1OC. The van der Waals surface area contributed by atoms with Crippen molar-refractivity contribution in [2.24, 2.45) is 0 Å². The van der Waals surface area contributed by atoms with E-state index in [1.165, 1.54) is 6.20 Å². The quantitative estimate of drug-likeness (QED) is 0.593. The van der Waals surface area contributed by atoms with E-state index in [0.717, 1.165) is 30.8 Å². The smallest absolute Gasteiger partial charge is 0.203 e. The minimum Gasteiger partial charge on any atom is -0.493 e. The summed E-state index contributed by atoms with van der Waals surface area (Å²) in [4.78, 5) is 8.40. The fourth-order valence-electron chi connectivity index (χ4n) is 4.12. The van der Waals surface area contributed by atoms with E-state index in [0.29, 0.717) is 42.6 Å². The Kier molecular flexibility index (Phi) is 6.08. The molecule has 0 unspecified atom stereocenters. The number of ether oxygens (including phenoxy) is 3. The molecule has 2 heterocycles. The Labute approximate surface area is 179 Å². The highest BCUT2D eigenvalue weighted by molar-refractivity contribution is 5.92. The van der Waals surface area contributed by atoms with E-state index >= 15 is 0 Å². The van der Waals surface area contributed by atoms with Gasteiger partial charge in [0.25, 0.3) is 0 Å². The molecule has 0 spiro atoms. The van der Waals surface area contributed by atoms with Crippen molar-refractivity contribution in [1.82, 2.24) is 9.88 Å². The number of methoxy groups -OCH3 is 3. The van der Waals surface area contributed by atoms with Crippen LogP contribution in [0.1, 0.15) is 5.56 Å². The summed E-state index contributed by atoms with van der Waals surface area (Å²) in [7, 11) is 4.79. The van der Waals surface area contributed by atoms with E-state index in [9.17, 15) is 8.78 Å². The van der Waals surface area contributed by atoms with Crippen molar-refractivity contribution >= 4 is 16.6 Å². The van der Waals surface area contributed by atoms with Gasteiger partial charge in [0.2, 0.25) is 5.75 Å². The van der Waals surface area contributed by atoms with Gasteiger partial charge in [0.05, 0.1) is 32.4 Å². The fraction of sp³-hybridized carbons (Fsp3) is 0.348. The normalized spacial score (nSPS) is 14.7. The van der Waals surface area contributed by atoms with Gasteiger partial charge in [-0.25, -0.2) is 8.78 Å². The monoisotopic (exact) mass is 429 g/mol. The van der Waals surface area contributed by atoms with Crippen LogP contribution >= 0.6 is 0 Å². The largest absolute Gasteiger partial charge is 0.493 e. The summed E-state index contributed by atoms with van der Waals surface area (Å²) in [6.45, 7) is 3.57. The summed E-state index contributed by atoms with van der Waals surface area (Å²) < 4.78 is 45.0. The standard InChI is InChI=1S/C23H25F2N3O3/c1-29-19-7-4-15(22(30-2)23(19)31-3)14-27-10-12-28(13-11-27)18-8-9-26-21-17(25)6-5-16(24)20(18)21/h4-9H,10-14H2,1-3H3. The molecule has 4 rings (SSSR count). The predicted octanol–water partition coefficient (Wildman–Crippen LogP) is 3.86. The molecule has 0 saturated carbocycles. The Bertz CT molecular complexity index is 1090. The highest BCUT2D eigenvalue weighted by atomic mass is 19.1. The molecule has 1 fully saturated rings. The zero-order chi connectivity index (χ0) is 22.0. The molecule has 0 radical (unpaired) electrons. The van der Waals surface area contributed by atoms with Crippen LogP contribution in [0, 0.1) is 11.6 Å². The van der Waals surface area contributed by atoms with Crippen molar-refractivity contribution in [2.45, 2.75) is 6.54 Å². The van der Waals surface area contributed by atoms with E-state index < -0.39 is 11.6 Å². The van der Waals surface area contributed by atoms with Crippen LogP contribution in [0.2, 0.25) is 0 Å². The second kappa shape index (κ2) is 8.93. The van der Waals surface area contributed by atoms with Gasteiger partial charge in [0, 0.05) is 44.5 Å². The molecule has 3 aromatic rings. The average molecular weight is 429 g/mol. The first-order valence-electron chi connectivity index (χ1n) is 10.0. The van der Waals surface area contributed by atoms with Crippen LogP contribution in [0.15, 0.2) is 36.5 Å². The lowest BCUT2D eigenvalue weighted by atomic mass is 10.1. The number of benzene rings is 2. The first-order chi connectivity index (χ1) is 15.1. The minimum absolute atomic E-state index is 0.0648. The van der Waals surface area contributed by atoms with Crippen LogP contribution in [0.4, 0.5) is 14.5 Å². The Hall–Kier alpha value is -3.13. The van der Waals surface area contributed by atoms with Crippen molar-refractivity contribution in [3.63, 3.8) is 0 Å². The lowest BCUT2D eigenvalue weighted by Crippen LogP contribution is -2.46. The number of halogens is 2. The van der Waals surface area contributed by atoms with Crippen molar-refractivity contribution in [1.29, 1.82) is 0 Å². The molecule has 1 saturated heterocycles. The third kappa shape index (κ3) is 3.95. The average Bonchev–Trinajstić information content (AvgIpc) is 2.81. The maximum absolute atomic E-state index is 14.5. The Morgan fingerprint density at radius 1 is 0.839 bits per heavy atom. The second-order valence-corrected chi connectivity index (χ2v) is 7.34. The summed E-state index contributed by atoms with van der Waals surface area (Å²) in [5.41, 5.74) is 1.73. The Balaban J connectivity index is 1.52. The molecule has 2 aromatic carbocycles. The number of fused-ring (bicyclic) bond motifs is 1. The molecular weight excluding hydrogens is 404 g/mol. The number of nitrogens with zero attached hydrogens (tertiary/aromatic N) is 3. The number of pyridine rings is 1. The first-order valence-corrected chi connectivity index (χ1v) is 10.0. The van der Waals surface area contributed by atoms with E-state index in [1.807, 2.05) is 12.1 Å².